The lowest BCUT2D eigenvalue weighted by atomic mass is 10.1. The Morgan fingerprint density at radius 2 is 2.29 bits per heavy atom. The summed E-state index contributed by atoms with van der Waals surface area (Å²) < 4.78 is 5.86. The second-order valence-corrected chi connectivity index (χ2v) is 5.13. The van der Waals surface area contributed by atoms with E-state index in [-0.39, 0.29) is 6.10 Å². The average molecular weight is 230 g/mol. The van der Waals surface area contributed by atoms with Crippen molar-refractivity contribution in [1.29, 1.82) is 0 Å². The number of hydrogen-bond donors (Lipinski definition) is 0. The minimum Gasteiger partial charge on any atom is -0.471 e. The Morgan fingerprint density at radius 3 is 3.06 bits per heavy atom. The number of pyridine rings is 1. The van der Waals surface area contributed by atoms with Crippen LogP contribution in [0.25, 0.3) is 6.08 Å². The molecule has 0 saturated heterocycles. The molecule has 0 N–H and O–H groups in total. The summed E-state index contributed by atoms with van der Waals surface area (Å²) in [5, 5.41) is 0. The number of hydrogen-bond acceptors (Lipinski definition) is 3. The summed E-state index contributed by atoms with van der Waals surface area (Å²) in [6, 6.07) is 2.69. The molecule has 0 saturated carbocycles. The van der Waals surface area contributed by atoms with Crippen molar-refractivity contribution in [3.63, 3.8) is 0 Å². The van der Waals surface area contributed by atoms with E-state index in [4.69, 9.17) is 4.74 Å². The van der Waals surface area contributed by atoms with E-state index >= 15 is 0 Å². The van der Waals surface area contributed by atoms with Crippen molar-refractivity contribution in [3.8, 4) is 5.88 Å². The third-order valence-corrected chi connectivity index (χ3v) is 3.39. The first-order valence-electron chi connectivity index (χ1n) is 6.29. The van der Waals surface area contributed by atoms with Crippen LogP contribution in [0.4, 0.5) is 5.69 Å². The molecule has 90 valence electrons. The number of nitrogens with zero attached hydrogens (tertiary/aromatic N) is 2. The minimum atomic E-state index is 0.213. The number of allylic oxidation sites excluding steroid dienone is 1. The molecule has 2 aliphatic rings. The lowest BCUT2D eigenvalue weighted by molar-refractivity contribution is 0.200. The van der Waals surface area contributed by atoms with Crippen LogP contribution in [-0.4, -0.2) is 23.7 Å². The topological polar surface area (TPSA) is 25.4 Å². The van der Waals surface area contributed by atoms with E-state index in [0.717, 1.165) is 30.2 Å². The van der Waals surface area contributed by atoms with Crippen molar-refractivity contribution < 1.29 is 4.74 Å². The molecule has 0 aromatic carbocycles. The van der Waals surface area contributed by atoms with Crippen LogP contribution >= 0.6 is 0 Å². The number of ether oxygens (including phenoxy) is 1. The summed E-state index contributed by atoms with van der Waals surface area (Å²) >= 11 is 0. The molecule has 17 heavy (non-hydrogen) atoms. The second kappa shape index (κ2) is 3.76. The van der Waals surface area contributed by atoms with Crippen LogP contribution in [-0.2, 0) is 6.42 Å². The fourth-order valence-corrected chi connectivity index (χ4v) is 2.53. The maximum absolute atomic E-state index is 5.86. The van der Waals surface area contributed by atoms with Crippen molar-refractivity contribution in [2.45, 2.75) is 39.3 Å². The van der Waals surface area contributed by atoms with Gasteiger partial charge in [0.2, 0.25) is 5.88 Å². The maximum Gasteiger partial charge on any atom is 0.238 e. The van der Waals surface area contributed by atoms with Crippen LogP contribution < -0.4 is 9.64 Å². The van der Waals surface area contributed by atoms with Gasteiger partial charge in [0.15, 0.2) is 0 Å². The molecule has 3 heteroatoms. The highest BCUT2D eigenvalue weighted by atomic mass is 16.5. The molecule has 1 aromatic rings. The number of aromatic nitrogens is 1. The van der Waals surface area contributed by atoms with Gasteiger partial charge in [-0.1, -0.05) is 12.2 Å². The monoisotopic (exact) mass is 230 g/mol. The molecule has 0 radical (unpaired) electrons. The first-order chi connectivity index (χ1) is 8.15. The molecule has 0 amide bonds. The summed E-state index contributed by atoms with van der Waals surface area (Å²) in [6.07, 6.45) is 5.46. The molecule has 3 nitrogen and oxygen atoms in total. The standard InChI is InChI=1S/C14H18N2O/c1-9(2)16-8-10(3)17-14-13(16)7-11-5-4-6-12(11)15-14/h4-5,7,9-10H,6,8H2,1-3H3. The van der Waals surface area contributed by atoms with Crippen molar-refractivity contribution in [1.82, 2.24) is 4.98 Å². The van der Waals surface area contributed by atoms with Gasteiger partial charge in [-0.3, -0.25) is 0 Å². The third-order valence-electron chi connectivity index (χ3n) is 3.39. The van der Waals surface area contributed by atoms with E-state index in [9.17, 15) is 0 Å². The highest BCUT2D eigenvalue weighted by molar-refractivity contribution is 5.68. The number of anilines is 1. The van der Waals surface area contributed by atoms with Crippen molar-refractivity contribution >= 4 is 11.8 Å². The van der Waals surface area contributed by atoms with E-state index < -0.39 is 0 Å². The lowest BCUT2D eigenvalue weighted by Gasteiger charge is -2.37. The van der Waals surface area contributed by atoms with Crippen LogP contribution in [0.2, 0.25) is 0 Å². The SMILES string of the molecule is CC1CN(C(C)C)c2cc3c(nc2O1)CC=C3. The van der Waals surface area contributed by atoms with E-state index in [1.165, 1.54) is 5.56 Å². The van der Waals surface area contributed by atoms with E-state index in [2.05, 4.69) is 48.9 Å². The molecule has 2 heterocycles. The predicted octanol–water partition coefficient (Wildman–Crippen LogP) is 2.65. The summed E-state index contributed by atoms with van der Waals surface area (Å²) in [5.74, 6) is 0.805. The summed E-state index contributed by atoms with van der Waals surface area (Å²) in [5.41, 5.74) is 3.53. The Bertz CT molecular complexity index is 479. The Balaban J connectivity index is 2.09. The smallest absolute Gasteiger partial charge is 0.238 e. The molecule has 0 bridgehead atoms. The molecule has 0 fully saturated rings. The fraction of sp³-hybridized carbons (Fsp3) is 0.500. The molecular formula is C14H18N2O. The normalized spacial score (nSPS) is 21.4. The molecule has 1 unspecified atom stereocenters. The lowest BCUT2D eigenvalue weighted by Crippen LogP contribution is -2.42. The van der Waals surface area contributed by atoms with Crippen LogP contribution in [0, 0.1) is 0 Å². The van der Waals surface area contributed by atoms with Crippen molar-refractivity contribution in [3.05, 3.63) is 23.4 Å². The van der Waals surface area contributed by atoms with Gasteiger partial charge in [0.1, 0.15) is 11.8 Å². The Kier molecular flexibility index (Phi) is 2.35. The van der Waals surface area contributed by atoms with Gasteiger partial charge in [0, 0.05) is 12.5 Å². The van der Waals surface area contributed by atoms with Crippen LogP contribution in [0.15, 0.2) is 12.1 Å². The van der Waals surface area contributed by atoms with E-state index in [1.807, 2.05) is 0 Å². The van der Waals surface area contributed by atoms with Crippen molar-refractivity contribution in [2.75, 3.05) is 11.4 Å². The van der Waals surface area contributed by atoms with Gasteiger partial charge < -0.3 is 9.64 Å². The van der Waals surface area contributed by atoms with Crippen LogP contribution in [0.1, 0.15) is 32.0 Å². The molecule has 1 aliphatic carbocycles. The summed E-state index contributed by atoms with van der Waals surface area (Å²) in [6.45, 7) is 7.47. The fourth-order valence-electron chi connectivity index (χ4n) is 2.53. The van der Waals surface area contributed by atoms with Gasteiger partial charge in [0.05, 0.1) is 12.2 Å². The molecular weight excluding hydrogens is 212 g/mol. The first-order valence-corrected chi connectivity index (χ1v) is 6.29. The average Bonchev–Trinajstić information content (AvgIpc) is 2.71. The van der Waals surface area contributed by atoms with E-state index in [1.54, 1.807) is 0 Å². The highest BCUT2D eigenvalue weighted by Gasteiger charge is 2.27. The van der Waals surface area contributed by atoms with Gasteiger partial charge in [0.25, 0.3) is 0 Å². The van der Waals surface area contributed by atoms with Crippen LogP contribution in [0.5, 0.6) is 5.88 Å². The largest absolute Gasteiger partial charge is 0.471 e. The second-order valence-electron chi connectivity index (χ2n) is 5.13. The van der Waals surface area contributed by atoms with Gasteiger partial charge >= 0.3 is 0 Å². The Morgan fingerprint density at radius 1 is 1.47 bits per heavy atom. The van der Waals surface area contributed by atoms with E-state index in [0.29, 0.717) is 6.04 Å². The predicted molar refractivity (Wildman–Crippen MR) is 69.5 cm³/mol. The van der Waals surface area contributed by atoms with Crippen molar-refractivity contribution in [2.24, 2.45) is 0 Å². The minimum absolute atomic E-state index is 0.213. The van der Waals surface area contributed by atoms with Gasteiger partial charge in [-0.2, -0.15) is 0 Å². The highest BCUT2D eigenvalue weighted by Crippen LogP contribution is 2.36. The Labute approximate surface area is 102 Å². The summed E-state index contributed by atoms with van der Waals surface area (Å²) in [7, 11) is 0. The first kappa shape index (κ1) is 10.6. The summed E-state index contributed by atoms with van der Waals surface area (Å²) in [4.78, 5) is 7.03. The zero-order valence-electron chi connectivity index (χ0n) is 10.6. The maximum atomic E-state index is 5.86. The molecule has 1 aromatic heterocycles. The Hall–Kier alpha value is -1.51. The molecule has 1 atom stereocenters. The number of fused-ring (bicyclic) bond motifs is 2. The molecule has 1 aliphatic heterocycles. The quantitative estimate of drug-likeness (QED) is 0.741. The van der Waals surface area contributed by atoms with Gasteiger partial charge in [-0.05, 0) is 32.4 Å². The molecule has 3 rings (SSSR count). The molecule has 0 spiro atoms. The van der Waals surface area contributed by atoms with Crippen LogP contribution in [0.3, 0.4) is 0 Å². The zero-order valence-corrected chi connectivity index (χ0v) is 10.6. The zero-order chi connectivity index (χ0) is 12.0. The number of rotatable bonds is 1. The van der Waals surface area contributed by atoms with Gasteiger partial charge in [-0.25, -0.2) is 4.98 Å². The van der Waals surface area contributed by atoms with Gasteiger partial charge in [-0.15, -0.1) is 0 Å². The third kappa shape index (κ3) is 1.70.